The quantitative estimate of drug-likeness (QED) is 0.154. The van der Waals surface area contributed by atoms with Gasteiger partial charge in [0.1, 0.15) is 0 Å². The number of anilines is 3. The van der Waals surface area contributed by atoms with Gasteiger partial charge in [0, 0.05) is 61.9 Å². The summed E-state index contributed by atoms with van der Waals surface area (Å²) in [5.41, 5.74) is 19.7. The molecule has 0 spiro atoms. The van der Waals surface area contributed by atoms with Crippen LogP contribution in [0.25, 0.3) is 99.6 Å². The molecule has 1 N–H and O–H groups in total. The smallest absolute Gasteiger partial charge is 0.0541 e. The lowest BCUT2D eigenvalue weighted by atomic mass is 9.98. The standard InChI is InChI=1S/C64H44N4/c1-5-14-44(15-6-1)47-25-35-61-56(40-47)58-42-49(27-37-63(58)67(61)54-29-23-46(24-30-54)60-22-13-39-65-60)50-28-38-64-59(43-50)57-41-48(45-16-7-2-8-17-45)26-36-62(57)68(64)55-33-31-53(32-34-55)66(51-18-9-3-10-19-51)52-20-11-4-12-21-52/h1-43,65H. The van der Waals surface area contributed by atoms with E-state index in [1.165, 1.54) is 71.5 Å². The summed E-state index contributed by atoms with van der Waals surface area (Å²) in [6.07, 6.45) is 1.97. The first-order chi connectivity index (χ1) is 33.7. The van der Waals surface area contributed by atoms with Crippen LogP contribution in [-0.2, 0) is 0 Å². The predicted molar refractivity (Wildman–Crippen MR) is 286 cm³/mol. The molecule has 4 heteroatoms. The molecule has 0 radical (unpaired) electrons. The van der Waals surface area contributed by atoms with Gasteiger partial charge in [-0.3, -0.25) is 0 Å². The SMILES string of the molecule is c1ccc(-c2ccc3c(c2)c2cc(-c4ccc5c(c4)c4cc(-c6ccccc6)ccc4n5-c4ccc(N(c5ccccc5)c5ccccc5)cc4)ccc2n3-c2ccc(-c3ccc[nH]3)cc2)cc1. The average Bonchev–Trinajstić information content (AvgIpc) is 4.15. The van der Waals surface area contributed by atoms with Gasteiger partial charge < -0.3 is 19.0 Å². The Labute approximate surface area is 394 Å². The lowest BCUT2D eigenvalue weighted by Gasteiger charge is -2.25. The normalized spacial score (nSPS) is 11.5. The highest BCUT2D eigenvalue weighted by atomic mass is 15.1. The summed E-state index contributed by atoms with van der Waals surface area (Å²) in [6, 6.07) is 92.5. The minimum absolute atomic E-state index is 1.10. The summed E-state index contributed by atoms with van der Waals surface area (Å²) in [6.45, 7) is 0. The minimum Gasteiger partial charge on any atom is -0.361 e. The van der Waals surface area contributed by atoms with E-state index in [1.54, 1.807) is 0 Å². The fourth-order valence-electron chi connectivity index (χ4n) is 10.2. The molecule has 13 aromatic rings. The van der Waals surface area contributed by atoms with Crippen molar-refractivity contribution in [1.82, 2.24) is 14.1 Å². The summed E-state index contributed by atoms with van der Waals surface area (Å²) < 4.78 is 4.83. The Kier molecular flexibility index (Phi) is 9.47. The maximum atomic E-state index is 3.36. The largest absolute Gasteiger partial charge is 0.361 e. The van der Waals surface area contributed by atoms with Crippen molar-refractivity contribution >= 4 is 60.7 Å². The van der Waals surface area contributed by atoms with Crippen molar-refractivity contribution in [3.05, 3.63) is 261 Å². The van der Waals surface area contributed by atoms with Gasteiger partial charge in [-0.15, -0.1) is 0 Å². The van der Waals surface area contributed by atoms with E-state index in [-0.39, 0.29) is 0 Å². The van der Waals surface area contributed by atoms with Gasteiger partial charge in [0.05, 0.1) is 22.1 Å². The molecule has 10 aromatic carbocycles. The van der Waals surface area contributed by atoms with E-state index in [1.807, 2.05) is 12.3 Å². The zero-order chi connectivity index (χ0) is 45.0. The highest BCUT2D eigenvalue weighted by Gasteiger charge is 2.19. The molecular weight excluding hydrogens is 825 g/mol. The summed E-state index contributed by atoms with van der Waals surface area (Å²) in [7, 11) is 0. The molecule has 0 fully saturated rings. The molecule has 0 atom stereocenters. The second-order valence-electron chi connectivity index (χ2n) is 17.5. The molecule has 0 bridgehead atoms. The van der Waals surface area contributed by atoms with E-state index in [4.69, 9.17) is 0 Å². The minimum atomic E-state index is 1.10. The van der Waals surface area contributed by atoms with Crippen LogP contribution in [0.15, 0.2) is 261 Å². The van der Waals surface area contributed by atoms with Gasteiger partial charge >= 0.3 is 0 Å². The Morgan fingerprint density at radius 3 is 0.985 bits per heavy atom. The van der Waals surface area contributed by atoms with Gasteiger partial charge in [0.25, 0.3) is 0 Å². The molecule has 3 heterocycles. The van der Waals surface area contributed by atoms with Gasteiger partial charge in [-0.05, 0) is 160 Å². The molecule has 0 saturated carbocycles. The first-order valence-corrected chi connectivity index (χ1v) is 23.2. The fraction of sp³-hybridized carbons (Fsp3) is 0. The molecule has 4 nitrogen and oxygen atoms in total. The van der Waals surface area contributed by atoms with E-state index in [9.17, 15) is 0 Å². The van der Waals surface area contributed by atoms with Crippen LogP contribution >= 0.6 is 0 Å². The van der Waals surface area contributed by atoms with E-state index < -0.39 is 0 Å². The maximum Gasteiger partial charge on any atom is 0.0541 e. The second-order valence-corrected chi connectivity index (χ2v) is 17.5. The number of nitrogens with one attached hydrogen (secondary N) is 1. The van der Waals surface area contributed by atoms with Crippen LogP contribution in [0.4, 0.5) is 17.1 Å². The zero-order valence-electron chi connectivity index (χ0n) is 37.2. The summed E-state index contributed by atoms with van der Waals surface area (Å²) in [5, 5.41) is 4.88. The van der Waals surface area contributed by atoms with E-state index in [0.717, 1.165) is 45.2 Å². The first-order valence-electron chi connectivity index (χ1n) is 23.2. The highest BCUT2D eigenvalue weighted by Crippen LogP contribution is 2.42. The van der Waals surface area contributed by atoms with Crippen molar-refractivity contribution in [3.8, 4) is 56.0 Å². The second kappa shape index (κ2) is 16.4. The molecule has 0 saturated heterocycles. The summed E-state index contributed by atoms with van der Waals surface area (Å²) in [5.74, 6) is 0. The molecule has 13 rings (SSSR count). The first kappa shape index (κ1) is 39.3. The summed E-state index contributed by atoms with van der Waals surface area (Å²) in [4.78, 5) is 5.67. The molecule has 0 aliphatic heterocycles. The number of aromatic nitrogens is 3. The summed E-state index contributed by atoms with van der Waals surface area (Å²) >= 11 is 0. The Bertz CT molecular complexity index is 3870. The number of rotatable bonds is 9. The van der Waals surface area contributed by atoms with E-state index >= 15 is 0 Å². The lowest BCUT2D eigenvalue weighted by molar-refractivity contribution is 1.17. The Balaban J connectivity index is 0.966. The molecular formula is C64H44N4. The van der Waals surface area contributed by atoms with Crippen LogP contribution < -0.4 is 4.90 Å². The molecule has 0 aliphatic rings. The van der Waals surface area contributed by atoms with Crippen molar-refractivity contribution in [3.63, 3.8) is 0 Å². The molecule has 0 amide bonds. The maximum absolute atomic E-state index is 3.36. The monoisotopic (exact) mass is 868 g/mol. The third kappa shape index (κ3) is 6.78. The average molecular weight is 869 g/mol. The van der Waals surface area contributed by atoms with Crippen LogP contribution in [0.1, 0.15) is 0 Å². The third-order valence-corrected chi connectivity index (χ3v) is 13.5. The van der Waals surface area contributed by atoms with Crippen molar-refractivity contribution in [1.29, 1.82) is 0 Å². The van der Waals surface area contributed by atoms with Gasteiger partial charge in [-0.2, -0.15) is 0 Å². The van der Waals surface area contributed by atoms with Crippen LogP contribution in [-0.4, -0.2) is 14.1 Å². The Morgan fingerprint density at radius 2 is 0.603 bits per heavy atom. The van der Waals surface area contributed by atoms with Crippen LogP contribution in [0, 0.1) is 0 Å². The number of para-hydroxylation sites is 2. The third-order valence-electron chi connectivity index (χ3n) is 13.5. The molecule has 0 unspecified atom stereocenters. The Hall–Kier alpha value is -9.12. The van der Waals surface area contributed by atoms with E-state index in [2.05, 4.69) is 268 Å². The van der Waals surface area contributed by atoms with Crippen molar-refractivity contribution in [2.45, 2.75) is 0 Å². The van der Waals surface area contributed by atoms with Crippen molar-refractivity contribution in [2.24, 2.45) is 0 Å². The molecule has 0 aliphatic carbocycles. The molecule has 320 valence electrons. The Morgan fingerprint density at radius 1 is 0.265 bits per heavy atom. The van der Waals surface area contributed by atoms with Gasteiger partial charge in [-0.1, -0.05) is 133 Å². The number of fused-ring (bicyclic) bond motifs is 6. The number of H-pyrrole nitrogens is 1. The van der Waals surface area contributed by atoms with Gasteiger partial charge in [0.2, 0.25) is 0 Å². The zero-order valence-corrected chi connectivity index (χ0v) is 37.2. The number of aromatic amines is 1. The predicted octanol–water partition coefficient (Wildman–Crippen LogP) is 17.3. The van der Waals surface area contributed by atoms with Gasteiger partial charge in [0.15, 0.2) is 0 Å². The molecule has 68 heavy (non-hydrogen) atoms. The number of benzene rings is 10. The number of nitrogens with zero attached hydrogens (tertiary/aromatic N) is 3. The van der Waals surface area contributed by atoms with Crippen molar-refractivity contribution < 1.29 is 0 Å². The van der Waals surface area contributed by atoms with Crippen LogP contribution in [0.3, 0.4) is 0 Å². The van der Waals surface area contributed by atoms with E-state index in [0.29, 0.717) is 0 Å². The topological polar surface area (TPSA) is 28.9 Å². The lowest BCUT2D eigenvalue weighted by Crippen LogP contribution is -2.09. The van der Waals surface area contributed by atoms with Crippen LogP contribution in [0.5, 0.6) is 0 Å². The van der Waals surface area contributed by atoms with Crippen LogP contribution in [0.2, 0.25) is 0 Å². The fourth-order valence-corrected chi connectivity index (χ4v) is 10.2. The number of hydrogen-bond acceptors (Lipinski definition) is 1. The van der Waals surface area contributed by atoms with Crippen molar-refractivity contribution in [2.75, 3.05) is 4.90 Å². The van der Waals surface area contributed by atoms with Gasteiger partial charge in [-0.25, -0.2) is 0 Å². The number of hydrogen-bond donors (Lipinski definition) is 1. The highest BCUT2D eigenvalue weighted by molar-refractivity contribution is 6.14. The molecule has 3 aromatic heterocycles.